The first-order valence-electron chi connectivity index (χ1n) is 2.08. The zero-order chi connectivity index (χ0) is 5.15. The zero-order valence-corrected chi connectivity index (χ0v) is 4.59. The van der Waals surface area contributed by atoms with E-state index in [1.807, 2.05) is 13.8 Å². The minimum absolute atomic E-state index is 0. The minimum Gasteiger partial charge on any atom is -0.379 e. The number of hydrogen-bond donors (Lipinski definition) is 2. The molecule has 0 saturated heterocycles. The standard InChI is InChI=1S/C4H11NO.FH/c1-3(2)4(5)6;/h3-4,6H,5H2,1-2H3;1H. The molecule has 0 amide bonds. The van der Waals surface area contributed by atoms with Gasteiger partial charge in [-0.15, -0.1) is 0 Å². The summed E-state index contributed by atoms with van der Waals surface area (Å²) in [6, 6.07) is 0. The monoisotopic (exact) mass is 109 g/mol. The largest absolute Gasteiger partial charge is 0.379 e. The average Bonchev–Trinajstić information content (AvgIpc) is 1.36. The Hall–Kier alpha value is -0.150. The first kappa shape index (κ1) is 9.97. The van der Waals surface area contributed by atoms with Gasteiger partial charge in [-0.05, 0) is 5.92 Å². The Balaban J connectivity index is 0. The van der Waals surface area contributed by atoms with E-state index < -0.39 is 6.23 Å². The van der Waals surface area contributed by atoms with Gasteiger partial charge < -0.3 is 10.8 Å². The first-order chi connectivity index (χ1) is 2.64. The summed E-state index contributed by atoms with van der Waals surface area (Å²) in [6.45, 7) is 3.73. The van der Waals surface area contributed by atoms with Crippen LogP contribution in [-0.4, -0.2) is 11.3 Å². The van der Waals surface area contributed by atoms with Gasteiger partial charge in [0.05, 0.1) is 0 Å². The van der Waals surface area contributed by atoms with Crippen LogP contribution in [0, 0.1) is 5.92 Å². The lowest BCUT2D eigenvalue weighted by Gasteiger charge is -2.04. The molecule has 0 aromatic heterocycles. The first-order valence-corrected chi connectivity index (χ1v) is 2.08. The molecule has 0 rings (SSSR count). The number of halogens is 1. The van der Waals surface area contributed by atoms with Gasteiger partial charge in [0, 0.05) is 0 Å². The third-order valence-electron chi connectivity index (χ3n) is 0.683. The molecule has 2 nitrogen and oxygen atoms in total. The summed E-state index contributed by atoms with van der Waals surface area (Å²) in [5.41, 5.74) is 4.99. The summed E-state index contributed by atoms with van der Waals surface area (Å²) in [5, 5.41) is 8.41. The summed E-state index contributed by atoms with van der Waals surface area (Å²) in [4.78, 5) is 0. The molecule has 1 unspecified atom stereocenters. The van der Waals surface area contributed by atoms with Gasteiger partial charge in [0.2, 0.25) is 0 Å². The smallest absolute Gasteiger partial charge is 0.104 e. The molecular weight excluding hydrogens is 97.0 g/mol. The van der Waals surface area contributed by atoms with Crippen molar-refractivity contribution in [1.82, 2.24) is 0 Å². The molecule has 0 spiro atoms. The zero-order valence-electron chi connectivity index (χ0n) is 4.59. The molecule has 46 valence electrons. The van der Waals surface area contributed by atoms with Crippen LogP contribution < -0.4 is 5.73 Å². The predicted molar refractivity (Wildman–Crippen MR) is 27.5 cm³/mol. The minimum atomic E-state index is -0.648. The van der Waals surface area contributed by atoms with E-state index in [1.165, 1.54) is 0 Å². The van der Waals surface area contributed by atoms with Crippen LogP contribution in [0.15, 0.2) is 0 Å². The van der Waals surface area contributed by atoms with Gasteiger partial charge in [-0.3, -0.25) is 4.70 Å². The normalized spacial score (nSPS) is 13.3. The van der Waals surface area contributed by atoms with Crippen molar-refractivity contribution in [1.29, 1.82) is 0 Å². The maximum absolute atomic E-state index is 8.41. The van der Waals surface area contributed by atoms with Crippen LogP contribution in [0.5, 0.6) is 0 Å². The molecule has 3 heteroatoms. The van der Waals surface area contributed by atoms with E-state index >= 15 is 0 Å². The van der Waals surface area contributed by atoms with E-state index in [0.29, 0.717) is 0 Å². The van der Waals surface area contributed by atoms with E-state index in [9.17, 15) is 0 Å². The van der Waals surface area contributed by atoms with Gasteiger partial charge in [-0.2, -0.15) is 0 Å². The van der Waals surface area contributed by atoms with E-state index in [4.69, 9.17) is 10.8 Å². The van der Waals surface area contributed by atoms with Gasteiger partial charge in [-0.25, -0.2) is 0 Å². The fraction of sp³-hybridized carbons (Fsp3) is 1.00. The highest BCUT2D eigenvalue weighted by Crippen LogP contribution is 1.90. The molecule has 3 N–H and O–H groups in total. The third kappa shape index (κ3) is 5.85. The van der Waals surface area contributed by atoms with E-state index in [1.54, 1.807) is 0 Å². The lowest BCUT2D eigenvalue weighted by atomic mass is 10.2. The molecule has 0 heterocycles. The second kappa shape index (κ2) is 4.02. The molecule has 0 aliphatic heterocycles. The van der Waals surface area contributed by atoms with Crippen molar-refractivity contribution < 1.29 is 9.81 Å². The number of hydrogen-bond acceptors (Lipinski definition) is 2. The lowest BCUT2D eigenvalue weighted by molar-refractivity contribution is 0.132. The van der Waals surface area contributed by atoms with Crippen LogP contribution in [0.25, 0.3) is 0 Å². The molecule has 0 saturated carbocycles. The Labute approximate surface area is 42.7 Å². The second-order valence-corrected chi connectivity index (χ2v) is 1.73. The second-order valence-electron chi connectivity index (χ2n) is 1.73. The van der Waals surface area contributed by atoms with Crippen LogP contribution in [0.4, 0.5) is 4.70 Å². The third-order valence-corrected chi connectivity index (χ3v) is 0.683. The fourth-order valence-electron chi connectivity index (χ4n) is 0. The Morgan fingerprint density at radius 1 is 1.43 bits per heavy atom. The maximum Gasteiger partial charge on any atom is 0.104 e. The topological polar surface area (TPSA) is 46.2 Å². The van der Waals surface area contributed by atoms with Crippen molar-refractivity contribution in [2.75, 3.05) is 0 Å². The number of rotatable bonds is 1. The highest BCUT2D eigenvalue weighted by Gasteiger charge is 1.97. The Morgan fingerprint density at radius 3 is 1.57 bits per heavy atom. The van der Waals surface area contributed by atoms with Gasteiger partial charge in [0.15, 0.2) is 0 Å². The molecule has 0 bridgehead atoms. The highest BCUT2D eigenvalue weighted by atomic mass is 19.0. The van der Waals surface area contributed by atoms with E-state index in [-0.39, 0.29) is 10.6 Å². The fourth-order valence-corrected chi connectivity index (χ4v) is 0. The van der Waals surface area contributed by atoms with Crippen molar-refractivity contribution in [2.45, 2.75) is 20.1 Å². The number of aliphatic hydroxyl groups excluding tert-OH is 1. The summed E-state index contributed by atoms with van der Waals surface area (Å²) in [6.07, 6.45) is -0.648. The molecular formula is C4H12FNO. The number of nitrogens with two attached hydrogens (primary N) is 1. The molecule has 0 radical (unpaired) electrons. The SMILES string of the molecule is CC(C)C(N)O.F. The van der Waals surface area contributed by atoms with Gasteiger partial charge >= 0.3 is 0 Å². The average molecular weight is 109 g/mol. The molecule has 0 aliphatic carbocycles. The van der Waals surface area contributed by atoms with E-state index in [0.717, 1.165) is 0 Å². The molecule has 0 aliphatic rings. The van der Waals surface area contributed by atoms with Crippen molar-refractivity contribution in [3.8, 4) is 0 Å². The van der Waals surface area contributed by atoms with Gasteiger partial charge in [-0.1, -0.05) is 13.8 Å². The summed E-state index contributed by atoms with van der Waals surface area (Å²) in [5.74, 6) is 0.185. The van der Waals surface area contributed by atoms with Crippen LogP contribution >= 0.6 is 0 Å². The molecule has 0 fully saturated rings. The van der Waals surface area contributed by atoms with Crippen molar-refractivity contribution in [3.05, 3.63) is 0 Å². The van der Waals surface area contributed by atoms with Crippen molar-refractivity contribution >= 4 is 0 Å². The maximum atomic E-state index is 8.41. The van der Waals surface area contributed by atoms with Crippen LogP contribution in [0.2, 0.25) is 0 Å². The van der Waals surface area contributed by atoms with Crippen LogP contribution in [0.1, 0.15) is 13.8 Å². The lowest BCUT2D eigenvalue weighted by Crippen LogP contribution is -2.24. The quantitative estimate of drug-likeness (QED) is 0.468. The summed E-state index contributed by atoms with van der Waals surface area (Å²) in [7, 11) is 0. The summed E-state index contributed by atoms with van der Waals surface area (Å²) < 4.78 is 0. The Kier molecular flexibility index (Phi) is 5.72. The van der Waals surface area contributed by atoms with Gasteiger partial charge in [0.25, 0.3) is 0 Å². The predicted octanol–water partition coefficient (Wildman–Crippen LogP) is 0.0720. The number of aliphatic hydroxyl groups is 1. The van der Waals surface area contributed by atoms with Crippen molar-refractivity contribution in [2.24, 2.45) is 11.7 Å². The highest BCUT2D eigenvalue weighted by molar-refractivity contribution is 4.46. The van der Waals surface area contributed by atoms with Crippen molar-refractivity contribution in [3.63, 3.8) is 0 Å². The van der Waals surface area contributed by atoms with Gasteiger partial charge in [0.1, 0.15) is 6.23 Å². The van der Waals surface area contributed by atoms with E-state index in [2.05, 4.69) is 0 Å². The van der Waals surface area contributed by atoms with Crippen LogP contribution in [-0.2, 0) is 0 Å². The summed E-state index contributed by atoms with van der Waals surface area (Å²) >= 11 is 0. The molecule has 7 heavy (non-hydrogen) atoms. The Bertz CT molecular complexity index is 32.7. The molecule has 1 atom stereocenters. The molecule has 0 aromatic rings. The molecule has 0 aromatic carbocycles. The Morgan fingerprint density at radius 2 is 1.57 bits per heavy atom. The van der Waals surface area contributed by atoms with Crippen LogP contribution in [0.3, 0.4) is 0 Å².